The number of fused-ring (bicyclic) bond motifs is 3. The maximum absolute atomic E-state index is 5.96. The Bertz CT molecular complexity index is 907. The van der Waals surface area contributed by atoms with E-state index in [1.807, 2.05) is 30.3 Å². The standard InChI is InChI=1S/C18H19N5O2/c1-24-12-4-2-11(3-5-12)14-9-16(18-21-19-10-23(18)22-14)20-15-8-13-6-7-17(15)25-13/h2-5,9-10,13,15,17,20H,6-8H2,1H3/t13-,15+,17+/m0/s1. The number of rotatable bonds is 4. The van der Waals surface area contributed by atoms with Crippen molar-refractivity contribution in [2.45, 2.75) is 37.5 Å². The molecular formula is C18H19N5O2. The monoisotopic (exact) mass is 337 g/mol. The number of ether oxygens (including phenoxy) is 2. The van der Waals surface area contributed by atoms with Crippen LogP contribution in [0.1, 0.15) is 19.3 Å². The Balaban J connectivity index is 1.52. The van der Waals surface area contributed by atoms with E-state index >= 15 is 0 Å². The number of hydrogen-bond donors (Lipinski definition) is 1. The first-order chi connectivity index (χ1) is 12.3. The number of anilines is 1. The molecule has 1 aromatic carbocycles. The van der Waals surface area contributed by atoms with Crippen molar-refractivity contribution >= 4 is 11.3 Å². The van der Waals surface area contributed by atoms with Crippen LogP contribution in [-0.2, 0) is 4.74 Å². The largest absolute Gasteiger partial charge is 0.497 e. The SMILES string of the molecule is COc1ccc(-c2cc(N[C@@H]3C[C@@H]4CC[C@H]3O4)c3nncn3n2)cc1. The number of benzene rings is 1. The Morgan fingerprint density at radius 3 is 2.84 bits per heavy atom. The molecule has 0 spiro atoms. The van der Waals surface area contributed by atoms with Gasteiger partial charge in [-0.1, -0.05) is 0 Å². The van der Waals surface area contributed by atoms with Gasteiger partial charge in [-0.2, -0.15) is 9.61 Å². The van der Waals surface area contributed by atoms with E-state index in [-0.39, 0.29) is 0 Å². The van der Waals surface area contributed by atoms with Crippen molar-refractivity contribution in [1.29, 1.82) is 0 Å². The molecule has 0 aliphatic carbocycles. The van der Waals surface area contributed by atoms with Gasteiger partial charge in [0.25, 0.3) is 0 Å². The van der Waals surface area contributed by atoms with Gasteiger partial charge < -0.3 is 14.8 Å². The molecule has 1 N–H and O–H groups in total. The van der Waals surface area contributed by atoms with Crippen molar-refractivity contribution in [2.24, 2.45) is 0 Å². The smallest absolute Gasteiger partial charge is 0.200 e. The Labute approximate surface area is 145 Å². The van der Waals surface area contributed by atoms with Gasteiger partial charge in [0, 0.05) is 5.56 Å². The molecule has 2 aromatic heterocycles. The maximum atomic E-state index is 5.96. The molecule has 3 aromatic rings. The normalized spacial score (nSPS) is 24.8. The fourth-order valence-corrected chi connectivity index (χ4v) is 3.83. The minimum Gasteiger partial charge on any atom is -0.497 e. The number of methoxy groups -OCH3 is 1. The van der Waals surface area contributed by atoms with E-state index in [0.717, 1.165) is 41.2 Å². The third-order valence-corrected chi connectivity index (χ3v) is 5.10. The van der Waals surface area contributed by atoms with Crippen LogP contribution in [0.2, 0.25) is 0 Å². The first-order valence-corrected chi connectivity index (χ1v) is 8.57. The van der Waals surface area contributed by atoms with Crippen LogP contribution in [0, 0.1) is 0 Å². The molecule has 2 aliphatic rings. The van der Waals surface area contributed by atoms with E-state index in [4.69, 9.17) is 9.47 Å². The molecule has 0 saturated carbocycles. The molecule has 2 aliphatic heterocycles. The van der Waals surface area contributed by atoms with Gasteiger partial charge in [-0.25, -0.2) is 0 Å². The van der Waals surface area contributed by atoms with Crippen LogP contribution >= 0.6 is 0 Å². The zero-order valence-corrected chi connectivity index (χ0v) is 13.9. The minimum absolute atomic E-state index is 0.297. The van der Waals surface area contributed by atoms with E-state index in [9.17, 15) is 0 Å². The molecule has 128 valence electrons. The van der Waals surface area contributed by atoms with Crippen LogP contribution in [0.5, 0.6) is 5.75 Å². The van der Waals surface area contributed by atoms with E-state index in [1.165, 1.54) is 6.42 Å². The lowest BCUT2D eigenvalue weighted by Crippen LogP contribution is -2.30. The van der Waals surface area contributed by atoms with Crippen LogP contribution < -0.4 is 10.1 Å². The molecule has 7 nitrogen and oxygen atoms in total. The lowest BCUT2D eigenvalue weighted by atomic mass is 9.95. The summed E-state index contributed by atoms with van der Waals surface area (Å²) in [6.45, 7) is 0. The fourth-order valence-electron chi connectivity index (χ4n) is 3.83. The number of aromatic nitrogens is 4. The van der Waals surface area contributed by atoms with Crippen LogP contribution in [0.3, 0.4) is 0 Å². The predicted octanol–water partition coefficient (Wildman–Crippen LogP) is 2.53. The summed E-state index contributed by atoms with van der Waals surface area (Å²) in [4.78, 5) is 0. The zero-order chi connectivity index (χ0) is 16.8. The van der Waals surface area contributed by atoms with Crippen molar-refractivity contribution in [3.63, 3.8) is 0 Å². The molecule has 25 heavy (non-hydrogen) atoms. The quantitative estimate of drug-likeness (QED) is 0.789. The molecule has 3 atom stereocenters. The van der Waals surface area contributed by atoms with Crippen molar-refractivity contribution in [2.75, 3.05) is 12.4 Å². The Morgan fingerprint density at radius 2 is 2.12 bits per heavy atom. The highest BCUT2D eigenvalue weighted by molar-refractivity contribution is 5.73. The van der Waals surface area contributed by atoms with Gasteiger partial charge in [-0.3, -0.25) is 0 Å². The topological polar surface area (TPSA) is 73.6 Å². The summed E-state index contributed by atoms with van der Waals surface area (Å²) in [6.07, 6.45) is 5.68. The molecule has 7 heteroatoms. The van der Waals surface area contributed by atoms with Crippen molar-refractivity contribution < 1.29 is 9.47 Å². The zero-order valence-electron chi connectivity index (χ0n) is 13.9. The molecule has 2 fully saturated rings. The van der Waals surface area contributed by atoms with Crippen LogP contribution in [0.4, 0.5) is 5.69 Å². The van der Waals surface area contributed by atoms with E-state index in [1.54, 1.807) is 18.0 Å². The van der Waals surface area contributed by atoms with Gasteiger partial charge in [0.2, 0.25) is 5.65 Å². The highest BCUT2D eigenvalue weighted by Gasteiger charge is 2.41. The van der Waals surface area contributed by atoms with E-state index < -0.39 is 0 Å². The van der Waals surface area contributed by atoms with E-state index in [0.29, 0.717) is 18.2 Å². The van der Waals surface area contributed by atoms with Crippen molar-refractivity contribution in [1.82, 2.24) is 19.8 Å². The molecule has 2 bridgehead atoms. The summed E-state index contributed by atoms with van der Waals surface area (Å²) in [5.74, 6) is 0.826. The van der Waals surface area contributed by atoms with Crippen LogP contribution in [0.25, 0.3) is 16.9 Å². The third kappa shape index (κ3) is 2.51. The molecule has 5 rings (SSSR count). The molecule has 0 radical (unpaired) electrons. The molecule has 4 heterocycles. The Morgan fingerprint density at radius 1 is 1.24 bits per heavy atom. The highest BCUT2D eigenvalue weighted by Crippen LogP contribution is 2.36. The van der Waals surface area contributed by atoms with Gasteiger partial charge in [-0.15, -0.1) is 10.2 Å². The highest BCUT2D eigenvalue weighted by atomic mass is 16.5. The van der Waals surface area contributed by atoms with E-state index in [2.05, 4.69) is 20.6 Å². The third-order valence-electron chi connectivity index (χ3n) is 5.10. The Hall–Kier alpha value is -2.67. The lowest BCUT2D eigenvalue weighted by Gasteiger charge is -2.21. The van der Waals surface area contributed by atoms with Gasteiger partial charge >= 0.3 is 0 Å². The van der Waals surface area contributed by atoms with Crippen LogP contribution in [-0.4, -0.2) is 45.2 Å². The average molecular weight is 337 g/mol. The molecule has 0 unspecified atom stereocenters. The minimum atomic E-state index is 0.297. The fraction of sp³-hybridized carbons (Fsp3) is 0.389. The molecule has 2 saturated heterocycles. The molecular weight excluding hydrogens is 318 g/mol. The molecule has 0 amide bonds. The summed E-state index contributed by atoms with van der Waals surface area (Å²) >= 11 is 0. The van der Waals surface area contributed by atoms with Gasteiger partial charge in [0.15, 0.2) is 0 Å². The average Bonchev–Trinajstić information content (AvgIpc) is 3.38. The summed E-state index contributed by atoms with van der Waals surface area (Å²) < 4.78 is 12.9. The first-order valence-electron chi connectivity index (χ1n) is 8.57. The Kier molecular flexibility index (Phi) is 3.34. The summed E-state index contributed by atoms with van der Waals surface area (Å²) in [7, 11) is 1.66. The number of nitrogens with one attached hydrogen (secondary N) is 1. The number of nitrogens with zero attached hydrogens (tertiary/aromatic N) is 4. The lowest BCUT2D eigenvalue weighted by molar-refractivity contribution is 0.102. The predicted molar refractivity (Wildman–Crippen MR) is 92.7 cm³/mol. The van der Waals surface area contributed by atoms with Crippen LogP contribution in [0.15, 0.2) is 36.7 Å². The first kappa shape index (κ1) is 14.7. The van der Waals surface area contributed by atoms with Gasteiger partial charge in [0.1, 0.15) is 12.1 Å². The maximum Gasteiger partial charge on any atom is 0.200 e. The summed E-state index contributed by atoms with van der Waals surface area (Å²) in [5, 5.41) is 16.5. The second kappa shape index (κ2) is 5.70. The summed E-state index contributed by atoms with van der Waals surface area (Å²) in [5.41, 5.74) is 3.56. The van der Waals surface area contributed by atoms with Crippen molar-refractivity contribution in [3.8, 4) is 17.0 Å². The second-order valence-electron chi connectivity index (χ2n) is 6.63. The van der Waals surface area contributed by atoms with Gasteiger partial charge in [0.05, 0.1) is 36.7 Å². The van der Waals surface area contributed by atoms with Crippen molar-refractivity contribution in [3.05, 3.63) is 36.7 Å². The second-order valence-corrected chi connectivity index (χ2v) is 6.63. The number of hydrogen-bond acceptors (Lipinski definition) is 6. The summed E-state index contributed by atoms with van der Waals surface area (Å²) in [6, 6.07) is 10.2. The van der Waals surface area contributed by atoms with Gasteiger partial charge in [-0.05, 0) is 49.6 Å².